The van der Waals surface area contributed by atoms with Crippen LogP contribution in [0.5, 0.6) is 0 Å². The minimum atomic E-state index is -4.40. The lowest BCUT2D eigenvalue weighted by atomic mass is 10.0. The van der Waals surface area contributed by atoms with Crippen LogP contribution < -0.4 is 0 Å². The Bertz CT molecular complexity index is 1780. The molecule has 0 amide bonds. The summed E-state index contributed by atoms with van der Waals surface area (Å²) < 4.78 is 34.8. The van der Waals surface area contributed by atoms with E-state index in [1.54, 1.807) is 0 Å². The number of quaternary nitrogens is 1. The number of esters is 2. The van der Waals surface area contributed by atoms with Crippen LogP contribution in [0.1, 0.15) is 386 Å². The lowest BCUT2D eigenvalue weighted by molar-refractivity contribution is -0.870. The molecule has 0 aromatic rings. The molecule has 0 aliphatic heterocycles. The Balaban J connectivity index is 3.91. The van der Waals surface area contributed by atoms with Gasteiger partial charge in [0.05, 0.1) is 27.7 Å². The minimum absolute atomic E-state index is 0.0320. The summed E-state index contributed by atoms with van der Waals surface area (Å²) >= 11 is 0. The number of hydrogen-bond donors (Lipinski definition) is 1. The summed E-state index contributed by atoms with van der Waals surface area (Å²) in [5.41, 5.74) is 0. The molecule has 0 saturated carbocycles. The molecular formula is C82H153NO8P+. The van der Waals surface area contributed by atoms with E-state index in [0.717, 1.165) is 57.8 Å². The number of phosphoric ester groups is 1. The molecule has 0 radical (unpaired) electrons. The van der Waals surface area contributed by atoms with Crippen LogP contribution >= 0.6 is 7.82 Å². The monoisotopic (exact) mass is 1310 g/mol. The summed E-state index contributed by atoms with van der Waals surface area (Å²) in [5.74, 6) is -0.782. The second-order valence-electron chi connectivity index (χ2n) is 28.1. The highest BCUT2D eigenvalue weighted by Crippen LogP contribution is 2.43. The quantitative estimate of drug-likeness (QED) is 0.0211. The summed E-state index contributed by atoms with van der Waals surface area (Å²) in [6, 6.07) is 0. The average Bonchev–Trinajstić information content (AvgIpc) is 2.23. The molecule has 0 aliphatic rings. The predicted octanol–water partition coefficient (Wildman–Crippen LogP) is 26.3. The number of nitrogens with zero attached hydrogens (tertiary/aromatic N) is 1. The lowest BCUT2D eigenvalue weighted by Gasteiger charge is -2.24. The first kappa shape index (κ1) is 89.5. The first-order valence-electron chi connectivity index (χ1n) is 39.7. The van der Waals surface area contributed by atoms with Crippen molar-refractivity contribution < 1.29 is 42.1 Å². The van der Waals surface area contributed by atoms with Crippen molar-refractivity contribution in [2.24, 2.45) is 0 Å². The Morgan fingerprint density at radius 2 is 0.587 bits per heavy atom. The van der Waals surface area contributed by atoms with Crippen LogP contribution in [0.3, 0.4) is 0 Å². The van der Waals surface area contributed by atoms with Crippen LogP contribution in [0.4, 0.5) is 0 Å². The van der Waals surface area contributed by atoms with Crippen LogP contribution in [-0.2, 0) is 32.7 Å². The van der Waals surface area contributed by atoms with Crippen molar-refractivity contribution in [2.75, 3.05) is 47.5 Å². The average molecular weight is 1310 g/mol. The molecule has 0 aromatic carbocycles. The van der Waals surface area contributed by atoms with Crippen LogP contribution in [0.15, 0.2) is 72.9 Å². The fourth-order valence-corrected chi connectivity index (χ4v) is 12.4. The predicted molar refractivity (Wildman–Crippen MR) is 399 cm³/mol. The van der Waals surface area contributed by atoms with Crippen molar-refractivity contribution in [3.05, 3.63) is 72.9 Å². The zero-order valence-electron chi connectivity index (χ0n) is 61.5. The van der Waals surface area contributed by atoms with Gasteiger partial charge in [-0.3, -0.25) is 18.6 Å². The van der Waals surface area contributed by atoms with Gasteiger partial charge in [0, 0.05) is 12.8 Å². The molecule has 0 aliphatic carbocycles. The number of likely N-dealkylation sites (N-methyl/N-ethyl adjacent to an activating group) is 1. The highest BCUT2D eigenvalue weighted by Gasteiger charge is 2.27. The normalized spacial score (nSPS) is 13.4. The molecule has 0 fully saturated rings. The van der Waals surface area contributed by atoms with Crippen LogP contribution in [0.25, 0.3) is 0 Å². The Kier molecular flexibility index (Phi) is 70.7. The van der Waals surface area contributed by atoms with Crippen LogP contribution in [0, 0.1) is 0 Å². The number of unbranched alkanes of at least 4 members (excludes halogenated alkanes) is 48. The van der Waals surface area contributed by atoms with Crippen LogP contribution in [0.2, 0.25) is 0 Å². The van der Waals surface area contributed by atoms with Gasteiger partial charge in [0.25, 0.3) is 0 Å². The Labute approximate surface area is 571 Å². The smallest absolute Gasteiger partial charge is 0.462 e. The van der Waals surface area contributed by atoms with Crippen LogP contribution in [-0.4, -0.2) is 74.9 Å². The maximum Gasteiger partial charge on any atom is 0.472 e. The summed E-state index contributed by atoms with van der Waals surface area (Å²) in [7, 11) is 1.49. The van der Waals surface area contributed by atoms with E-state index in [0.29, 0.717) is 17.4 Å². The van der Waals surface area contributed by atoms with Crippen molar-refractivity contribution >= 4 is 19.8 Å². The number of rotatable bonds is 74. The number of phosphoric acid groups is 1. The van der Waals surface area contributed by atoms with Crippen molar-refractivity contribution in [1.82, 2.24) is 0 Å². The van der Waals surface area contributed by atoms with E-state index in [1.807, 2.05) is 21.1 Å². The molecule has 9 nitrogen and oxygen atoms in total. The Hall–Kier alpha value is -2.55. The van der Waals surface area contributed by atoms with E-state index < -0.39 is 26.5 Å². The van der Waals surface area contributed by atoms with Gasteiger partial charge in [0.2, 0.25) is 0 Å². The third-order valence-corrected chi connectivity index (χ3v) is 18.7. The first-order valence-corrected chi connectivity index (χ1v) is 41.2. The van der Waals surface area contributed by atoms with Gasteiger partial charge in [-0.2, -0.15) is 0 Å². The van der Waals surface area contributed by atoms with Gasteiger partial charge in [-0.15, -0.1) is 0 Å². The molecule has 0 heterocycles. The van der Waals surface area contributed by atoms with E-state index in [4.69, 9.17) is 18.5 Å². The molecule has 0 rings (SSSR count). The second kappa shape index (κ2) is 72.7. The summed E-state index contributed by atoms with van der Waals surface area (Å²) in [4.78, 5) is 36.0. The third kappa shape index (κ3) is 76.5. The molecule has 2 atom stereocenters. The molecule has 0 saturated heterocycles. The zero-order valence-corrected chi connectivity index (χ0v) is 62.4. The van der Waals surface area contributed by atoms with Gasteiger partial charge in [-0.05, 0) is 89.9 Å². The topological polar surface area (TPSA) is 108 Å². The molecule has 1 N–H and O–H groups in total. The molecule has 0 aromatic heterocycles. The van der Waals surface area contributed by atoms with Crippen molar-refractivity contribution in [3.8, 4) is 0 Å². The maximum absolute atomic E-state index is 12.9. The summed E-state index contributed by atoms with van der Waals surface area (Å²) in [6.45, 7) is 4.46. The number of allylic oxidation sites excluding steroid dienone is 12. The highest BCUT2D eigenvalue weighted by atomic mass is 31.2. The van der Waals surface area contributed by atoms with Crippen molar-refractivity contribution in [3.63, 3.8) is 0 Å². The molecular weight excluding hydrogens is 1160 g/mol. The van der Waals surface area contributed by atoms with Gasteiger partial charge in [0.15, 0.2) is 6.10 Å². The molecule has 0 spiro atoms. The molecule has 2 unspecified atom stereocenters. The van der Waals surface area contributed by atoms with Crippen molar-refractivity contribution in [2.45, 2.75) is 392 Å². The SMILES string of the molecule is CCCCCCC/C=C\C/C=C\C/C=C\CCCCCCCCCCCCCCCCCCCCCCCCCCCCC(=O)OC(COC(=O)CCCCCCCCCCCCCC/C=C\C/C=C\C/C=C\CCCCCCC)COP(=O)(O)OCC[N+](C)(C)C. The van der Waals surface area contributed by atoms with Gasteiger partial charge < -0.3 is 18.9 Å². The van der Waals surface area contributed by atoms with Gasteiger partial charge >= 0.3 is 19.8 Å². The van der Waals surface area contributed by atoms with Gasteiger partial charge in [-0.1, -0.05) is 356 Å². The summed E-state index contributed by atoms with van der Waals surface area (Å²) in [5, 5.41) is 0. The van der Waals surface area contributed by atoms with Gasteiger partial charge in [0.1, 0.15) is 19.8 Å². The summed E-state index contributed by atoms with van der Waals surface area (Å²) in [6.07, 6.45) is 99.0. The molecule has 538 valence electrons. The lowest BCUT2D eigenvalue weighted by Crippen LogP contribution is -2.37. The van der Waals surface area contributed by atoms with Gasteiger partial charge in [-0.25, -0.2) is 4.57 Å². The van der Waals surface area contributed by atoms with Crippen molar-refractivity contribution in [1.29, 1.82) is 0 Å². The number of carbonyl (C=O) groups is 2. The zero-order chi connectivity index (χ0) is 66.9. The minimum Gasteiger partial charge on any atom is -0.462 e. The molecule has 10 heteroatoms. The van der Waals surface area contributed by atoms with E-state index in [-0.39, 0.29) is 32.0 Å². The largest absolute Gasteiger partial charge is 0.472 e. The van der Waals surface area contributed by atoms with E-state index in [9.17, 15) is 19.0 Å². The number of hydrogen-bond acceptors (Lipinski definition) is 7. The Morgan fingerprint density at radius 1 is 0.337 bits per heavy atom. The third-order valence-electron chi connectivity index (χ3n) is 17.7. The molecule has 92 heavy (non-hydrogen) atoms. The molecule has 0 bridgehead atoms. The maximum atomic E-state index is 12.9. The Morgan fingerprint density at radius 3 is 0.870 bits per heavy atom. The fourth-order valence-electron chi connectivity index (χ4n) is 11.6. The van der Waals surface area contributed by atoms with E-state index >= 15 is 0 Å². The standard InChI is InChI=1S/C82H152NO8P/c1-6-8-10-12-14-16-18-20-22-24-26-28-30-32-34-35-36-37-38-39-40-41-42-43-44-45-46-47-49-51-53-55-57-59-61-63-65-67-69-71-73-75-82(85)91-80(79-90-92(86,87)89-77-76-83(3,4)5)78-88-81(84)74-72-70-68-66-64-62-60-58-56-54-52-50-48-33-31-29-27-25-23-21-19-17-15-13-11-9-7-2/h18-21,24-27,30-33,80H,6-17,22-23,28-29,34-79H2,1-5H3/p+1/b20-18-,21-19-,26-24-,27-25-,32-30-,33-31-. The van der Waals surface area contributed by atoms with E-state index in [2.05, 4.69) is 86.8 Å². The highest BCUT2D eigenvalue weighted by molar-refractivity contribution is 7.47. The second-order valence-corrected chi connectivity index (χ2v) is 29.5. The number of carbonyl (C=O) groups excluding carboxylic acids is 2. The first-order chi connectivity index (χ1) is 45.0. The fraction of sp³-hybridized carbons (Fsp3) is 0.829. The van der Waals surface area contributed by atoms with E-state index in [1.165, 1.54) is 295 Å². The number of ether oxygens (including phenoxy) is 2.